The van der Waals surface area contributed by atoms with E-state index in [1.807, 2.05) is 13.8 Å². The summed E-state index contributed by atoms with van der Waals surface area (Å²) in [6.07, 6.45) is 0.987. The van der Waals surface area contributed by atoms with Crippen LogP contribution in [0.2, 0.25) is 0 Å². The van der Waals surface area contributed by atoms with Gasteiger partial charge in [-0.15, -0.1) is 0 Å². The average Bonchev–Trinajstić information content (AvgIpc) is 2.70. The van der Waals surface area contributed by atoms with E-state index >= 15 is 0 Å². The van der Waals surface area contributed by atoms with Crippen molar-refractivity contribution in [1.29, 1.82) is 0 Å². The summed E-state index contributed by atoms with van der Waals surface area (Å²) in [5.74, 6) is -3.69. The Hall–Kier alpha value is -2.93. The molecule has 13 nitrogen and oxygen atoms in total. The Balaban J connectivity index is 5.22. The number of hydrogen-bond donors (Lipinski definition) is 8. The van der Waals surface area contributed by atoms with Crippen molar-refractivity contribution >= 4 is 29.7 Å². The Kier molecular flexibility index (Phi) is 13.7. The first-order chi connectivity index (χ1) is 15.3. The summed E-state index contributed by atoms with van der Waals surface area (Å²) in [5.41, 5.74) is 16.4. The fourth-order valence-corrected chi connectivity index (χ4v) is 2.87. The molecule has 0 aromatic carbocycles. The molecule has 0 fully saturated rings. The van der Waals surface area contributed by atoms with Crippen LogP contribution >= 0.6 is 0 Å². The molecule has 0 saturated carbocycles. The van der Waals surface area contributed by atoms with Gasteiger partial charge in [-0.25, -0.2) is 4.79 Å². The first kappa shape index (κ1) is 30.1. The third kappa shape index (κ3) is 12.0. The Morgan fingerprint density at radius 3 is 1.94 bits per heavy atom. The SMILES string of the molecule is CC(C)CC(NC(=O)C(NC(=O)C(N)CCCN=C(N)N)C(C)C)C(=O)NC(CO)C(=O)O. The molecule has 4 atom stereocenters. The molecule has 11 N–H and O–H groups in total. The zero-order chi connectivity index (χ0) is 25.7. The minimum atomic E-state index is -1.50. The van der Waals surface area contributed by atoms with E-state index in [-0.39, 0.29) is 24.2 Å². The normalized spacial score (nSPS) is 14.7. The summed E-state index contributed by atoms with van der Waals surface area (Å²) in [6.45, 7) is 6.62. The maximum atomic E-state index is 12.9. The predicted molar refractivity (Wildman–Crippen MR) is 123 cm³/mol. The van der Waals surface area contributed by atoms with Gasteiger partial charge in [0.15, 0.2) is 5.96 Å². The number of aliphatic carboxylic acids is 1. The molecule has 13 heteroatoms. The molecule has 0 aliphatic carbocycles. The highest BCUT2D eigenvalue weighted by Crippen LogP contribution is 2.09. The molecule has 0 aliphatic rings. The standard InChI is InChI=1S/C20H39N7O6/c1-10(2)8-13(17(30)26-14(9-28)19(32)33)25-18(31)15(11(3)4)27-16(29)12(21)6-5-7-24-20(22)23/h10-15,28H,5-9,21H2,1-4H3,(H,25,31)(H,26,30)(H,27,29)(H,32,33)(H4,22,23,24). The number of carbonyl (C=O) groups excluding carboxylic acids is 3. The van der Waals surface area contributed by atoms with E-state index in [1.165, 1.54) is 0 Å². The summed E-state index contributed by atoms with van der Waals surface area (Å²) >= 11 is 0. The molecule has 0 saturated heterocycles. The average molecular weight is 474 g/mol. The number of carboxylic acid groups (broad SMARTS) is 1. The first-order valence-electron chi connectivity index (χ1n) is 10.9. The second kappa shape index (κ2) is 15.0. The minimum Gasteiger partial charge on any atom is -0.480 e. The van der Waals surface area contributed by atoms with Gasteiger partial charge in [-0.3, -0.25) is 19.4 Å². The Bertz CT molecular complexity index is 694. The van der Waals surface area contributed by atoms with Crippen molar-refractivity contribution in [2.75, 3.05) is 13.2 Å². The van der Waals surface area contributed by atoms with Crippen LogP contribution in [0.15, 0.2) is 4.99 Å². The van der Waals surface area contributed by atoms with Crippen LogP contribution in [-0.4, -0.2) is 77.2 Å². The summed E-state index contributed by atoms with van der Waals surface area (Å²) < 4.78 is 0. The lowest BCUT2D eigenvalue weighted by Gasteiger charge is -2.27. The van der Waals surface area contributed by atoms with Gasteiger partial charge in [0, 0.05) is 6.54 Å². The number of rotatable bonds is 15. The Labute approximate surface area is 193 Å². The van der Waals surface area contributed by atoms with Crippen molar-refractivity contribution < 1.29 is 29.4 Å². The monoisotopic (exact) mass is 473 g/mol. The molecular formula is C20H39N7O6. The number of guanidine groups is 1. The van der Waals surface area contributed by atoms with Gasteiger partial charge < -0.3 is 43.4 Å². The second-order valence-electron chi connectivity index (χ2n) is 8.56. The second-order valence-corrected chi connectivity index (χ2v) is 8.56. The first-order valence-corrected chi connectivity index (χ1v) is 10.9. The van der Waals surface area contributed by atoms with E-state index in [2.05, 4.69) is 20.9 Å². The molecule has 33 heavy (non-hydrogen) atoms. The molecule has 0 heterocycles. The molecule has 0 aromatic heterocycles. The zero-order valence-corrected chi connectivity index (χ0v) is 19.7. The van der Waals surface area contributed by atoms with E-state index < -0.39 is 54.5 Å². The van der Waals surface area contributed by atoms with Gasteiger partial charge in [0.2, 0.25) is 17.7 Å². The molecule has 0 rings (SSSR count). The number of carbonyl (C=O) groups is 4. The molecule has 0 spiro atoms. The fraction of sp³-hybridized carbons (Fsp3) is 0.750. The molecule has 0 aliphatic heterocycles. The van der Waals surface area contributed by atoms with Crippen molar-refractivity contribution in [3.05, 3.63) is 0 Å². The van der Waals surface area contributed by atoms with Crippen LogP contribution in [0, 0.1) is 11.8 Å². The van der Waals surface area contributed by atoms with Gasteiger partial charge in [0.25, 0.3) is 0 Å². The number of amides is 3. The minimum absolute atomic E-state index is 0.0100. The number of nitrogens with two attached hydrogens (primary N) is 3. The van der Waals surface area contributed by atoms with Gasteiger partial charge >= 0.3 is 5.97 Å². The summed E-state index contributed by atoms with van der Waals surface area (Å²) in [6, 6.07) is -4.42. The van der Waals surface area contributed by atoms with Crippen molar-refractivity contribution in [3.8, 4) is 0 Å². The maximum Gasteiger partial charge on any atom is 0.328 e. The lowest BCUT2D eigenvalue weighted by Crippen LogP contribution is -2.58. The Morgan fingerprint density at radius 1 is 0.909 bits per heavy atom. The zero-order valence-electron chi connectivity index (χ0n) is 19.7. The van der Waals surface area contributed by atoms with E-state index in [0.717, 1.165) is 0 Å². The van der Waals surface area contributed by atoms with Crippen LogP contribution in [-0.2, 0) is 19.2 Å². The third-order valence-electron chi connectivity index (χ3n) is 4.69. The van der Waals surface area contributed by atoms with Crippen LogP contribution in [0.25, 0.3) is 0 Å². The number of nitrogens with zero attached hydrogens (tertiary/aromatic N) is 1. The van der Waals surface area contributed by atoms with E-state index in [0.29, 0.717) is 19.4 Å². The number of carboxylic acids is 1. The van der Waals surface area contributed by atoms with Crippen molar-refractivity contribution in [2.45, 2.75) is 71.1 Å². The smallest absolute Gasteiger partial charge is 0.328 e. The molecule has 0 aromatic rings. The lowest BCUT2D eigenvalue weighted by atomic mass is 9.99. The molecule has 190 valence electrons. The summed E-state index contributed by atoms with van der Waals surface area (Å²) in [5, 5.41) is 25.6. The van der Waals surface area contributed by atoms with Gasteiger partial charge in [-0.2, -0.15) is 0 Å². The largest absolute Gasteiger partial charge is 0.480 e. The molecule has 0 radical (unpaired) electrons. The highest BCUT2D eigenvalue weighted by atomic mass is 16.4. The van der Waals surface area contributed by atoms with Gasteiger partial charge in [0.1, 0.15) is 18.1 Å². The third-order valence-corrected chi connectivity index (χ3v) is 4.69. The fourth-order valence-electron chi connectivity index (χ4n) is 2.87. The van der Waals surface area contributed by atoms with Gasteiger partial charge in [-0.1, -0.05) is 27.7 Å². The van der Waals surface area contributed by atoms with E-state index in [9.17, 15) is 19.2 Å². The van der Waals surface area contributed by atoms with E-state index in [4.69, 9.17) is 27.4 Å². The Morgan fingerprint density at radius 2 is 1.48 bits per heavy atom. The van der Waals surface area contributed by atoms with Gasteiger partial charge in [0.05, 0.1) is 12.6 Å². The lowest BCUT2D eigenvalue weighted by molar-refractivity contribution is -0.143. The summed E-state index contributed by atoms with van der Waals surface area (Å²) in [4.78, 5) is 52.9. The number of nitrogens with one attached hydrogen (secondary N) is 3. The maximum absolute atomic E-state index is 12.9. The van der Waals surface area contributed by atoms with Crippen LogP contribution in [0.5, 0.6) is 0 Å². The highest BCUT2D eigenvalue weighted by molar-refractivity contribution is 5.94. The van der Waals surface area contributed by atoms with Crippen molar-refractivity contribution in [2.24, 2.45) is 34.0 Å². The predicted octanol–water partition coefficient (Wildman–Crippen LogP) is -2.40. The van der Waals surface area contributed by atoms with Crippen LogP contribution in [0.4, 0.5) is 0 Å². The number of aliphatic hydroxyl groups excluding tert-OH is 1. The molecule has 4 unspecified atom stereocenters. The van der Waals surface area contributed by atoms with Crippen molar-refractivity contribution in [1.82, 2.24) is 16.0 Å². The molecule has 3 amide bonds. The number of hydrogen-bond acceptors (Lipinski definition) is 7. The molecular weight excluding hydrogens is 434 g/mol. The van der Waals surface area contributed by atoms with Crippen LogP contribution < -0.4 is 33.2 Å². The number of aliphatic hydroxyl groups is 1. The van der Waals surface area contributed by atoms with E-state index in [1.54, 1.807) is 13.8 Å². The quantitative estimate of drug-likeness (QED) is 0.0717. The van der Waals surface area contributed by atoms with Gasteiger partial charge in [-0.05, 0) is 31.1 Å². The van der Waals surface area contributed by atoms with Crippen molar-refractivity contribution in [3.63, 3.8) is 0 Å². The summed E-state index contributed by atoms with van der Waals surface area (Å²) in [7, 11) is 0. The van der Waals surface area contributed by atoms with Crippen LogP contribution in [0.3, 0.4) is 0 Å². The van der Waals surface area contributed by atoms with Crippen LogP contribution in [0.1, 0.15) is 47.0 Å². The highest BCUT2D eigenvalue weighted by Gasteiger charge is 2.31. The number of aliphatic imine (C=N–C) groups is 1. The topological polar surface area (TPSA) is 235 Å². The molecule has 0 bridgehead atoms.